The van der Waals surface area contributed by atoms with E-state index in [9.17, 15) is 13.2 Å². The van der Waals surface area contributed by atoms with E-state index in [1.54, 1.807) is 12.1 Å². The highest BCUT2D eigenvalue weighted by atomic mass is 32.2. The number of benzene rings is 1. The Kier molecular flexibility index (Phi) is 4.83. The van der Waals surface area contributed by atoms with Crippen molar-refractivity contribution in [2.75, 3.05) is 0 Å². The van der Waals surface area contributed by atoms with Gasteiger partial charge in [0.1, 0.15) is 0 Å². The molecule has 9 heteroatoms. The van der Waals surface area contributed by atoms with Crippen LogP contribution in [0.4, 0.5) is 0 Å². The van der Waals surface area contributed by atoms with Gasteiger partial charge in [0.05, 0.1) is 14.0 Å². The summed E-state index contributed by atoms with van der Waals surface area (Å²) < 4.78 is 23.6. The van der Waals surface area contributed by atoms with Gasteiger partial charge in [0.15, 0.2) is 0 Å². The lowest BCUT2D eigenvalue weighted by Crippen LogP contribution is -2.42. The molecule has 2 aromatic rings. The monoisotopic (exact) mass is 409 g/mol. The van der Waals surface area contributed by atoms with Gasteiger partial charge in [-0.05, 0) is 55.7 Å². The molecular weight excluding hydrogens is 390 g/mol. The Morgan fingerprint density at radius 1 is 1.19 bits per heavy atom. The van der Waals surface area contributed by atoms with Crippen LogP contribution in [0, 0.1) is 0 Å². The molecule has 2 aliphatic heterocycles. The summed E-state index contributed by atoms with van der Waals surface area (Å²) in [7, 11) is -3.68. The number of carbonyl (C=O) groups is 1. The first-order chi connectivity index (χ1) is 12.4. The minimum atomic E-state index is -3.68. The van der Waals surface area contributed by atoms with Gasteiger partial charge in [0, 0.05) is 23.0 Å². The minimum absolute atomic E-state index is 0.0224. The zero-order chi connectivity index (χ0) is 18.3. The Morgan fingerprint density at radius 2 is 1.96 bits per heavy atom. The predicted molar refractivity (Wildman–Crippen MR) is 102 cm³/mol. The number of sulfonamides is 1. The van der Waals surface area contributed by atoms with Crippen LogP contribution in [0.3, 0.4) is 0 Å². The molecule has 2 bridgehead atoms. The lowest BCUT2D eigenvalue weighted by atomic mass is 9.95. The first-order valence-corrected chi connectivity index (χ1v) is 11.5. The molecule has 6 nitrogen and oxygen atoms in total. The van der Waals surface area contributed by atoms with Gasteiger partial charge in [-0.15, -0.1) is 11.3 Å². The quantitative estimate of drug-likeness (QED) is 0.703. The van der Waals surface area contributed by atoms with Crippen LogP contribution in [-0.4, -0.2) is 32.5 Å². The van der Waals surface area contributed by atoms with E-state index in [1.165, 1.54) is 41.7 Å². The van der Waals surface area contributed by atoms with Crippen molar-refractivity contribution >= 4 is 39.0 Å². The van der Waals surface area contributed by atoms with E-state index in [0.717, 1.165) is 21.9 Å². The smallest absolute Gasteiger partial charge is 0.261 e. The molecule has 2 aliphatic rings. The fraction of sp³-hybridized carbons (Fsp3) is 0.353. The maximum atomic E-state index is 12.5. The molecule has 3 unspecified atom stereocenters. The molecule has 0 aliphatic carbocycles. The zero-order valence-electron chi connectivity index (χ0n) is 13.8. The van der Waals surface area contributed by atoms with Crippen LogP contribution in [0.2, 0.25) is 0 Å². The van der Waals surface area contributed by atoms with Gasteiger partial charge in [0.25, 0.3) is 5.91 Å². The van der Waals surface area contributed by atoms with Crippen molar-refractivity contribution in [3.8, 4) is 0 Å². The average Bonchev–Trinajstić information content (AvgIpc) is 3.31. The van der Waals surface area contributed by atoms with Crippen LogP contribution in [0.25, 0.3) is 0 Å². The molecule has 0 spiro atoms. The molecule has 0 radical (unpaired) electrons. The van der Waals surface area contributed by atoms with Crippen molar-refractivity contribution in [1.29, 1.82) is 0 Å². The van der Waals surface area contributed by atoms with Crippen molar-refractivity contribution in [2.24, 2.45) is 5.14 Å². The molecule has 2 fully saturated rings. The van der Waals surface area contributed by atoms with Crippen LogP contribution >= 0.6 is 23.1 Å². The largest absolute Gasteiger partial charge is 0.347 e. The van der Waals surface area contributed by atoms with E-state index in [0.29, 0.717) is 17.0 Å². The van der Waals surface area contributed by atoms with Gasteiger partial charge < -0.3 is 10.6 Å². The molecule has 1 amide bonds. The normalized spacial score (nSPS) is 24.7. The fourth-order valence-corrected chi connectivity index (χ4v) is 6.05. The third-order valence-corrected chi connectivity index (χ3v) is 7.95. The van der Waals surface area contributed by atoms with E-state index in [4.69, 9.17) is 5.14 Å². The first kappa shape index (κ1) is 18.0. The summed E-state index contributed by atoms with van der Waals surface area (Å²) in [5.74, 6) is -0.0224. The Hall–Kier alpha value is -1.39. The summed E-state index contributed by atoms with van der Waals surface area (Å²) >= 11 is 2.93. The number of amides is 1. The van der Waals surface area contributed by atoms with Crippen molar-refractivity contribution in [3.05, 3.63) is 41.3 Å². The van der Waals surface area contributed by atoms with Crippen LogP contribution < -0.4 is 15.8 Å². The molecule has 0 saturated carbocycles. The van der Waals surface area contributed by atoms with Gasteiger partial charge in [-0.3, -0.25) is 4.79 Å². The second-order valence-corrected chi connectivity index (χ2v) is 10.6. The second-order valence-electron chi connectivity index (χ2n) is 6.60. The molecule has 2 saturated heterocycles. The molecular formula is C17H19N3O3S3. The van der Waals surface area contributed by atoms with Gasteiger partial charge in [-0.1, -0.05) is 11.8 Å². The summed E-state index contributed by atoms with van der Waals surface area (Å²) in [5.41, 5.74) is 0. The van der Waals surface area contributed by atoms with Crippen LogP contribution in [0.15, 0.2) is 50.4 Å². The summed E-state index contributed by atoms with van der Waals surface area (Å²) in [6.07, 6.45) is 3.36. The lowest BCUT2D eigenvalue weighted by molar-refractivity contribution is 0.0935. The topological polar surface area (TPSA) is 101 Å². The molecule has 138 valence electrons. The highest BCUT2D eigenvalue weighted by Crippen LogP contribution is 2.34. The number of nitrogens with two attached hydrogens (primary N) is 1. The average molecular weight is 410 g/mol. The Morgan fingerprint density at radius 3 is 2.58 bits per heavy atom. The third-order valence-electron chi connectivity index (χ3n) is 4.79. The van der Waals surface area contributed by atoms with Crippen LogP contribution in [-0.2, 0) is 10.0 Å². The molecule has 4 rings (SSSR count). The van der Waals surface area contributed by atoms with Gasteiger partial charge in [-0.25, -0.2) is 13.6 Å². The maximum absolute atomic E-state index is 12.5. The van der Waals surface area contributed by atoms with E-state index in [1.807, 2.05) is 12.1 Å². The number of nitrogens with one attached hydrogen (secondary N) is 2. The van der Waals surface area contributed by atoms with Crippen molar-refractivity contribution < 1.29 is 13.2 Å². The number of rotatable bonds is 5. The lowest BCUT2D eigenvalue weighted by Gasteiger charge is -2.20. The highest BCUT2D eigenvalue weighted by molar-refractivity contribution is 8.01. The standard InChI is InChI=1S/C17H19N3O3S3/c18-26(22,23)12-4-2-11(3-5-12)24-16-8-7-15(25-16)17(21)20-14-9-10-1-6-13(14)19-10/h2-5,7-8,10,13-14,19H,1,6,9H2,(H,20,21)(H2,18,22,23). The molecule has 4 N–H and O–H groups in total. The van der Waals surface area contributed by atoms with Crippen molar-refractivity contribution in [2.45, 2.75) is 51.4 Å². The summed E-state index contributed by atoms with van der Waals surface area (Å²) in [6.45, 7) is 0. The van der Waals surface area contributed by atoms with Gasteiger partial charge in [-0.2, -0.15) is 0 Å². The van der Waals surface area contributed by atoms with E-state index >= 15 is 0 Å². The van der Waals surface area contributed by atoms with Crippen molar-refractivity contribution in [3.63, 3.8) is 0 Å². The van der Waals surface area contributed by atoms with Gasteiger partial charge in [0.2, 0.25) is 10.0 Å². The number of primary sulfonamides is 1. The van der Waals surface area contributed by atoms with Crippen molar-refractivity contribution in [1.82, 2.24) is 10.6 Å². The summed E-state index contributed by atoms with van der Waals surface area (Å²) in [5, 5.41) is 11.8. The highest BCUT2D eigenvalue weighted by Gasteiger charge is 2.39. The molecule has 1 aromatic carbocycles. The maximum Gasteiger partial charge on any atom is 0.261 e. The number of fused-ring (bicyclic) bond motifs is 2. The SMILES string of the molecule is NS(=O)(=O)c1ccc(Sc2ccc(C(=O)NC3CC4CCC3N4)s2)cc1. The number of thiophene rings is 1. The number of hydrogen-bond acceptors (Lipinski definition) is 6. The third kappa shape index (κ3) is 3.81. The summed E-state index contributed by atoms with van der Waals surface area (Å²) in [4.78, 5) is 14.2. The second kappa shape index (κ2) is 6.97. The van der Waals surface area contributed by atoms with Crippen LogP contribution in [0.1, 0.15) is 28.9 Å². The van der Waals surface area contributed by atoms with E-state index in [2.05, 4.69) is 10.6 Å². The molecule has 26 heavy (non-hydrogen) atoms. The summed E-state index contributed by atoms with van der Waals surface area (Å²) in [6, 6.07) is 11.3. The number of hydrogen-bond donors (Lipinski definition) is 3. The van der Waals surface area contributed by atoms with E-state index < -0.39 is 10.0 Å². The fourth-order valence-electron chi connectivity index (χ4n) is 3.53. The first-order valence-electron chi connectivity index (χ1n) is 8.36. The van der Waals surface area contributed by atoms with Gasteiger partial charge >= 0.3 is 0 Å². The Labute approximate surface area is 160 Å². The van der Waals surface area contributed by atoms with E-state index in [-0.39, 0.29) is 16.8 Å². The van der Waals surface area contributed by atoms with Crippen LogP contribution in [0.5, 0.6) is 0 Å². The molecule has 1 aromatic heterocycles. The Balaban J connectivity index is 1.39. The predicted octanol–water partition coefficient (Wildman–Crippen LogP) is 2.17. The molecule has 3 heterocycles. The Bertz CT molecular complexity index is 924. The molecule has 3 atom stereocenters. The number of carbonyl (C=O) groups excluding carboxylic acids is 1. The zero-order valence-corrected chi connectivity index (χ0v) is 16.3. The minimum Gasteiger partial charge on any atom is -0.347 e.